The Morgan fingerprint density at radius 3 is 2.30 bits per heavy atom. The molecule has 0 spiro atoms. The molecule has 0 aromatic heterocycles. The smallest absolute Gasteiger partial charge is 0.412 e. The van der Waals surface area contributed by atoms with Crippen molar-refractivity contribution in [2.24, 2.45) is 5.92 Å². The molecule has 0 aliphatic heterocycles. The summed E-state index contributed by atoms with van der Waals surface area (Å²) in [5, 5.41) is 25.3. The standard InChI is InChI=1S/C27H23NO5/c1-17(13-16-25(30)31)26(22-14-15-24(29)21-11-5-4-10-20(21)22)33-27(32)28-23-12-6-8-18-7-2-3-9-19(18)23/h2-17,26,29H,1H3,(H,28,32)(H,30,31)/b16-13+/t17-,26+/m0/s1. The highest BCUT2D eigenvalue weighted by Crippen LogP contribution is 2.36. The number of aliphatic carboxylic acids is 1. The van der Waals surface area contributed by atoms with Crippen LogP contribution in [-0.2, 0) is 9.53 Å². The number of hydrogen-bond donors (Lipinski definition) is 3. The third-order valence-corrected chi connectivity index (χ3v) is 5.52. The number of amides is 1. The van der Waals surface area contributed by atoms with Gasteiger partial charge in [0.1, 0.15) is 11.9 Å². The first-order valence-electron chi connectivity index (χ1n) is 10.5. The molecule has 6 heteroatoms. The summed E-state index contributed by atoms with van der Waals surface area (Å²) in [5.74, 6) is -1.43. The van der Waals surface area contributed by atoms with Crippen LogP contribution in [0.3, 0.4) is 0 Å². The molecule has 6 nitrogen and oxygen atoms in total. The maximum Gasteiger partial charge on any atom is 0.412 e. The van der Waals surface area contributed by atoms with Gasteiger partial charge in [-0.1, -0.05) is 79.7 Å². The van der Waals surface area contributed by atoms with Crippen LogP contribution < -0.4 is 5.32 Å². The first-order valence-corrected chi connectivity index (χ1v) is 10.5. The van der Waals surface area contributed by atoms with E-state index >= 15 is 0 Å². The maximum atomic E-state index is 13.0. The minimum atomic E-state index is -1.09. The summed E-state index contributed by atoms with van der Waals surface area (Å²) in [6.07, 6.45) is 1.07. The monoisotopic (exact) mass is 441 g/mol. The van der Waals surface area contributed by atoms with Crippen LogP contribution in [0.15, 0.2) is 91.0 Å². The fourth-order valence-corrected chi connectivity index (χ4v) is 3.93. The number of fused-ring (bicyclic) bond motifs is 2. The van der Waals surface area contributed by atoms with Gasteiger partial charge in [0.2, 0.25) is 0 Å². The van der Waals surface area contributed by atoms with E-state index in [4.69, 9.17) is 9.84 Å². The van der Waals surface area contributed by atoms with E-state index in [0.29, 0.717) is 16.6 Å². The predicted molar refractivity (Wildman–Crippen MR) is 128 cm³/mol. The first-order chi connectivity index (χ1) is 15.9. The zero-order chi connectivity index (χ0) is 23.4. The molecule has 4 aromatic rings. The van der Waals surface area contributed by atoms with E-state index in [2.05, 4.69) is 5.32 Å². The fourth-order valence-electron chi connectivity index (χ4n) is 3.93. The number of carbonyl (C=O) groups is 2. The Morgan fingerprint density at radius 1 is 0.879 bits per heavy atom. The Morgan fingerprint density at radius 2 is 1.55 bits per heavy atom. The van der Waals surface area contributed by atoms with Gasteiger partial charge in [-0.15, -0.1) is 0 Å². The van der Waals surface area contributed by atoms with E-state index < -0.39 is 24.1 Å². The van der Waals surface area contributed by atoms with Crippen molar-refractivity contribution in [1.82, 2.24) is 0 Å². The number of carbonyl (C=O) groups excluding carboxylic acids is 1. The highest BCUT2D eigenvalue weighted by atomic mass is 16.6. The van der Waals surface area contributed by atoms with Crippen molar-refractivity contribution in [1.29, 1.82) is 0 Å². The second kappa shape index (κ2) is 9.44. The Balaban J connectivity index is 1.69. The molecular weight excluding hydrogens is 418 g/mol. The van der Waals surface area contributed by atoms with Gasteiger partial charge >= 0.3 is 12.1 Å². The summed E-state index contributed by atoms with van der Waals surface area (Å²) >= 11 is 0. The number of anilines is 1. The molecule has 166 valence electrons. The number of benzene rings is 4. The topological polar surface area (TPSA) is 95.9 Å². The number of nitrogens with one attached hydrogen (secondary N) is 1. The van der Waals surface area contributed by atoms with Crippen LogP contribution in [0.5, 0.6) is 5.75 Å². The van der Waals surface area contributed by atoms with E-state index in [9.17, 15) is 14.7 Å². The number of phenols is 1. The summed E-state index contributed by atoms with van der Waals surface area (Å²) in [6.45, 7) is 1.77. The van der Waals surface area contributed by atoms with Crippen LogP contribution in [-0.4, -0.2) is 22.3 Å². The zero-order valence-corrected chi connectivity index (χ0v) is 17.9. The number of carboxylic acids is 1. The van der Waals surface area contributed by atoms with Gasteiger partial charge < -0.3 is 14.9 Å². The van der Waals surface area contributed by atoms with Crippen LogP contribution >= 0.6 is 0 Å². The lowest BCUT2D eigenvalue weighted by atomic mass is 9.92. The molecule has 0 unspecified atom stereocenters. The SMILES string of the molecule is C[C@@H](/C=C/C(=O)O)[C@@H](OC(=O)Nc1cccc2ccccc12)c1ccc(O)c2ccccc12. The normalized spacial score (nSPS) is 13.1. The molecule has 0 radical (unpaired) electrons. The molecule has 4 rings (SSSR count). The molecule has 1 amide bonds. The van der Waals surface area contributed by atoms with Crippen LogP contribution in [0.2, 0.25) is 0 Å². The molecular formula is C27H23NO5. The largest absolute Gasteiger partial charge is 0.507 e. The van der Waals surface area contributed by atoms with Gasteiger partial charge in [-0.25, -0.2) is 9.59 Å². The minimum Gasteiger partial charge on any atom is -0.507 e. The zero-order valence-electron chi connectivity index (χ0n) is 17.9. The molecule has 2 atom stereocenters. The lowest BCUT2D eigenvalue weighted by Gasteiger charge is -2.24. The molecule has 0 aliphatic rings. The van der Waals surface area contributed by atoms with Crippen molar-refractivity contribution in [3.05, 3.63) is 96.6 Å². The number of ether oxygens (including phenoxy) is 1. The average molecular weight is 441 g/mol. The maximum absolute atomic E-state index is 13.0. The summed E-state index contributed by atoms with van der Waals surface area (Å²) in [7, 11) is 0. The van der Waals surface area contributed by atoms with Gasteiger partial charge in [0.15, 0.2) is 0 Å². The van der Waals surface area contributed by atoms with E-state index in [1.807, 2.05) is 54.6 Å². The predicted octanol–water partition coefficient (Wildman–Crippen LogP) is 6.27. The molecule has 3 N–H and O–H groups in total. The Hall–Kier alpha value is -4.32. The highest BCUT2D eigenvalue weighted by molar-refractivity contribution is 6.00. The minimum absolute atomic E-state index is 0.113. The lowest BCUT2D eigenvalue weighted by Crippen LogP contribution is -2.21. The summed E-state index contributed by atoms with van der Waals surface area (Å²) in [4.78, 5) is 24.0. The quantitative estimate of drug-likeness (QED) is 0.307. The van der Waals surface area contributed by atoms with E-state index in [-0.39, 0.29) is 5.75 Å². The summed E-state index contributed by atoms with van der Waals surface area (Å²) in [6, 6.07) is 23.8. The number of aromatic hydroxyl groups is 1. The molecule has 33 heavy (non-hydrogen) atoms. The molecule has 0 fully saturated rings. The van der Waals surface area contributed by atoms with Gasteiger partial charge in [0, 0.05) is 28.3 Å². The Kier molecular flexibility index (Phi) is 6.26. The Labute approximate surface area is 190 Å². The number of hydrogen-bond acceptors (Lipinski definition) is 4. The molecule has 0 aliphatic carbocycles. The number of carboxylic acid groups (broad SMARTS) is 1. The van der Waals surface area contributed by atoms with Crippen molar-refractivity contribution in [3.8, 4) is 5.75 Å². The fraction of sp³-hybridized carbons (Fsp3) is 0.111. The lowest BCUT2D eigenvalue weighted by molar-refractivity contribution is -0.131. The Bertz CT molecular complexity index is 1360. The second-order valence-electron chi connectivity index (χ2n) is 7.75. The van der Waals surface area contributed by atoms with E-state index in [1.165, 1.54) is 6.08 Å². The number of rotatable bonds is 6. The van der Waals surface area contributed by atoms with Crippen molar-refractivity contribution in [3.63, 3.8) is 0 Å². The average Bonchev–Trinajstić information content (AvgIpc) is 2.82. The van der Waals surface area contributed by atoms with Crippen molar-refractivity contribution >= 4 is 39.3 Å². The van der Waals surface area contributed by atoms with Gasteiger partial charge in [0.05, 0.1) is 5.69 Å². The second-order valence-corrected chi connectivity index (χ2v) is 7.75. The highest BCUT2D eigenvalue weighted by Gasteiger charge is 2.25. The van der Waals surface area contributed by atoms with Crippen molar-refractivity contribution in [2.75, 3.05) is 5.32 Å². The van der Waals surface area contributed by atoms with Crippen LogP contribution in [0.25, 0.3) is 21.5 Å². The van der Waals surface area contributed by atoms with Crippen molar-refractivity contribution < 1.29 is 24.5 Å². The third-order valence-electron chi connectivity index (χ3n) is 5.52. The molecule has 0 bridgehead atoms. The van der Waals surface area contributed by atoms with Gasteiger partial charge in [-0.05, 0) is 22.9 Å². The van der Waals surface area contributed by atoms with Crippen LogP contribution in [0.1, 0.15) is 18.6 Å². The van der Waals surface area contributed by atoms with Crippen molar-refractivity contribution in [2.45, 2.75) is 13.0 Å². The molecule has 0 saturated carbocycles. The van der Waals surface area contributed by atoms with Crippen LogP contribution in [0, 0.1) is 5.92 Å². The number of phenolic OH excluding ortho intramolecular Hbond substituents is 1. The summed E-state index contributed by atoms with van der Waals surface area (Å²) in [5.41, 5.74) is 1.28. The van der Waals surface area contributed by atoms with Gasteiger partial charge in [-0.3, -0.25) is 5.32 Å². The molecule has 0 saturated heterocycles. The first kappa shape index (κ1) is 21.9. The van der Waals surface area contributed by atoms with E-state index in [0.717, 1.165) is 22.2 Å². The van der Waals surface area contributed by atoms with Gasteiger partial charge in [-0.2, -0.15) is 0 Å². The molecule has 0 heterocycles. The summed E-state index contributed by atoms with van der Waals surface area (Å²) < 4.78 is 5.86. The molecule has 4 aromatic carbocycles. The van der Waals surface area contributed by atoms with Crippen LogP contribution in [0.4, 0.5) is 10.5 Å². The third kappa shape index (κ3) is 4.80. The van der Waals surface area contributed by atoms with Gasteiger partial charge in [0.25, 0.3) is 0 Å². The van der Waals surface area contributed by atoms with E-state index in [1.54, 1.807) is 31.2 Å².